The summed E-state index contributed by atoms with van der Waals surface area (Å²) in [6.45, 7) is 5.62. The van der Waals surface area contributed by atoms with Crippen LogP contribution in [0.2, 0.25) is 0 Å². The number of fused-ring (bicyclic) bond motifs is 1. The lowest BCUT2D eigenvalue weighted by Crippen LogP contribution is -2.33. The van der Waals surface area contributed by atoms with Gasteiger partial charge in [-0.2, -0.15) is 5.10 Å². The van der Waals surface area contributed by atoms with E-state index in [1.54, 1.807) is 22.3 Å². The molecular formula is C19H25N5OS. The highest BCUT2D eigenvalue weighted by Gasteiger charge is 2.23. The molecule has 0 radical (unpaired) electrons. The largest absolute Gasteiger partial charge is 0.309 e. The Morgan fingerprint density at radius 2 is 1.96 bits per heavy atom. The first-order valence-electron chi connectivity index (χ1n) is 8.83. The van der Waals surface area contributed by atoms with Crippen LogP contribution in [0.25, 0.3) is 10.2 Å². The van der Waals surface area contributed by atoms with Gasteiger partial charge in [-0.1, -0.05) is 23.5 Å². The molecule has 0 N–H and O–H groups in total. The molecule has 138 valence electrons. The van der Waals surface area contributed by atoms with Gasteiger partial charge in [-0.05, 0) is 59.1 Å². The number of para-hydroxylation sites is 1. The minimum atomic E-state index is -0.0952. The quantitative estimate of drug-likeness (QED) is 0.636. The Morgan fingerprint density at radius 3 is 2.62 bits per heavy atom. The van der Waals surface area contributed by atoms with E-state index >= 15 is 0 Å². The zero-order valence-electron chi connectivity index (χ0n) is 15.7. The highest BCUT2D eigenvalue weighted by Crippen LogP contribution is 2.29. The second-order valence-corrected chi connectivity index (χ2v) is 7.86. The number of hydrogen-bond donors (Lipinski definition) is 0. The zero-order valence-corrected chi connectivity index (χ0v) is 16.5. The lowest BCUT2D eigenvalue weighted by Gasteiger charge is -2.20. The first kappa shape index (κ1) is 18.5. The molecule has 0 atom stereocenters. The third-order valence-corrected chi connectivity index (χ3v) is 5.16. The number of rotatable bonds is 7. The number of thiazole rings is 1. The van der Waals surface area contributed by atoms with E-state index in [1.807, 2.05) is 63.1 Å². The van der Waals surface area contributed by atoms with E-state index in [0.717, 1.165) is 28.3 Å². The van der Waals surface area contributed by atoms with Crippen LogP contribution in [0.5, 0.6) is 0 Å². The molecule has 2 aromatic heterocycles. The number of benzene rings is 1. The fraction of sp³-hybridized carbons (Fsp3) is 0.421. The fourth-order valence-electron chi connectivity index (χ4n) is 2.68. The van der Waals surface area contributed by atoms with E-state index in [1.165, 1.54) is 0 Å². The van der Waals surface area contributed by atoms with Crippen LogP contribution in [0.3, 0.4) is 0 Å². The van der Waals surface area contributed by atoms with E-state index < -0.39 is 0 Å². The Hall–Kier alpha value is -2.25. The molecule has 1 aromatic carbocycles. The van der Waals surface area contributed by atoms with E-state index in [-0.39, 0.29) is 11.9 Å². The van der Waals surface area contributed by atoms with Crippen LogP contribution < -0.4 is 4.90 Å². The van der Waals surface area contributed by atoms with Gasteiger partial charge >= 0.3 is 0 Å². The van der Waals surface area contributed by atoms with Crippen molar-refractivity contribution < 1.29 is 4.79 Å². The predicted molar refractivity (Wildman–Crippen MR) is 107 cm³/mol. The zero-order chi connectivity index (χ0) is 18.7. The fourth-order valence-corrected chi connectivity index (χ4v) is 3.67. The maximum atomic E-state index is 13.1. The molecular weight excluding hydrogens is 346 g/mol. The number of carbonyl (C=O) groups excluding carboxylic acids is 1. The van der Waals surface area contributed by atoms with Gasteiger partial charge in [-0.3, -0.25) is 14.4 Å². The van der Waals surface area contributed by atoms with Crippen molar-refractivity contribution in [1.82, 2.24) is 19.7 Å². The third kappa shape index (κ3) is 4.11. The molecule has 0 fully saturated rings. The molecule has 0 aliphatic carbocycles. The van der Waals surface area contributed by atoms with Crippen molar-refractivity contribution >= 4 is 32.6 Å². The van der Waals surface area contributed by atoms with Crippen molar-refractivity contribution in [3.8, 4) is 0 Å². The Kier molecular flexibility index (Phi) is 5.68. The van der Waals surface area contributed by atoms with Crippen molar-refractivity contribution in [3.63, 3.8) is 0 Å². The van der Waals surface area contributed by atoms with Gasteiger partial charge in [0, 0.05) is 18.8 Å². The molecule has 3 rings (SSSR count). The lowest BCUT2D eigenvalue weighted by molar-refractivity contribution is 0.0980. The maximum absolute atomic E-state index is 13.1. The van der Waals surface area contributed by atoms with Crippen LogP contribution in [-0.4, -0.2) is 52.8 Å². The number of hydrogen-bond acceptors (Lipinski definition) is 5. The normalized spacial score (nSPS) is 11.6. The van der Waals surface area contributed by atoms with Gasteiger partial charge in [0.1, 0.15) is 0 Å². The van der Waals surface area contributed by atoms with E-state index in [2.05, 4.69) is 15.0 Å². The van der Waals surface area contributed by atoms with Crippen LogP contribution in [0.15, 0.2) is 36.5 Å². The third-order valence-electron chi connectivity index (χ3n) is 4.10. The van der Waals surface area contributed by atoms with Gasteiger partial charge in [-0.25, -0.2) is 4.98 Å². The summed E-state index contributed by atoms with van der Waals surface area (Å²) >= 11 is 1.55. The van der Waals surface area contributed by atoms with Gasteiger partial charge < -0.3 is 4.90 Å². The summed E-state index contributed by atoms with van der Waals surface area (Å²) in [5.74, 6) is -0.0952. The van der Waals surface area contributed by atoms with Gasteiger partial charge in [0.2, 0.25) is 0 Å². The molecule has 0 unspecified atom stereocenters. The molecule has 6 nitrogen and oxygen atoms in total. The van der Waals surface area contributed by atoms with Crippen LogP contribution in [-0.2, 0) is 0 Å². The van der Waals surface area contributed by atoms with Gasteiger partial charge in [-0.15, -0.1) is 0 Å². The van der Waals surface area contributed by atoms with Gasteiger partial charge in [0.05, 0.1) is 10.2 Å². The van der Waals surface area contributed by atoms with E-state index in [0.29, 0.717) is 12.2 Å². The molecule has 0 saturated carbocycles. The summed E-state index contributed by atoms with van der Waals surface area (Å²) < 4.78 is 2.89. The Bertz CT molecular complexity index is 850. The minimum absolute atomic E-state index is 0.0952. The summed E-state index contributed by atoms with van der Waals surface area (Å²) in [6, 6.07) is 9.98. The second-order valence-electron chi connectivity index (χ2n) is 6.85. The topological polar surface area (TPSA) is 54.3 Å². The summed E-state index contributed by atoms with van der Waals surface area (Å²) in [5.41, 5.74) is 1.38. The molecule has 0 spiro atoms. The van der Waals surface area contributed by atoms with Crippen LogP contribution in [0.4, 0.5) is 5.13 Å². The van der Waals surface area contributed by atoms with Crippen molar-refractivity contribution in [1.29, 1.82) is 0 Å². The molecule has 0 aliphatic heterocycles. The van der Waals surface area contributed by atoms with Crippen molar-refractivity contribution in [2.75, 3.05) is 32.1 Å². The number of aromatic nitrogens is 3. The molecule has 0 saturated heterocycles. The number of carbonyl (C=O) groups is 1. The summed E-state index contributed by atoms with van der Waals surface area (Å²) in [5, 5.41) is 5.18. The van der Waals surface area contributed by atoms with E-state index in [9.17, 15) is 4.79 Å². The van der Waals surface area contributed by atoms with Crippen LogP contribution >= 0.6 is 11.3 Å². The average Bonchev–Trinajstić information content (AvgIpc) is 3.24. The summed E-state index contributed by atoms with van der Waals surface area (Å²) in [4.78, 5) is 21.7. The standard InChI is InChI=1S/C19H25N5OS/c1-14(2)24-13-10-16(21-24)18(25)23(12-7-11-22(3)4)19-20-15-8-5-6-9-17(15)26-19/h5-6,8-10,13-14H,7,11-12H2,1-4H3. The first-order chi connectivity index (χ1) is 12.5. The molecule has 0 bridgehead atoms. The van der Waals surface area contributed by atoms with Crippen LogP contribution in [0.1, 0.15) is 36.8 Å². The Morgan fingerprint density at radius 1 is 1.19 bits per heavy atom. The summed E-state index contributed by atoms with van der Waals surface area (Å²) in [7, 11) is 4.07. The lowest BCUT2D eigenvalue weighted by atomic mass is 10.3. The molecule has 0 aliphatic rings. The van der Waals surface area contributed by atoms with Crippen molar-refractivity contribution in [3.05, 3.63) is 42.2 Å². The monoisotopic (exact) mass is 371 g/mol. The molecule has 26 heavy (non-hydrogen) atoms. The number of nitrogens with zero attached hydrogens (tertiary/aromatic N) is 5. The SMILES string of the molecule is CC(C)n1ccc(C(=O)N(CCCN(C)C)c2nc3ccccc3s2)n1. The number of anilines is 1. The smallest absolute Gasteiger partial charge is 0.280 e. The van der Waals surface area contributed by atoms with Crippen molar-refractivity contribution in [2.45, 2.75) is 26.3 Å². The Labute approximate surface area is 158 Å². The first-order valence-corrected chi connectivity index (χ1v) is 9.64. The molecule has 3 aromatic rings. The predicted octanol–water partition coefficient (Wildman–Crippen LogP) is 3.67. The van der Waals surface area contributed by atoms with Crippen LogP contribution in [0, 0.1) is 0 Å². The highest BCUT2D eigenvalue weighted by atomic mass is 32.1. The maximum Gasteiger partial charge on any atom is 0.280 e. The molecule has 7 heteroatoms. The molecule has 2 heterocycles. The second kappa shape index (κ2) is 7.97. The van der Waals surface area contributed by atoms with Crippen molar-refractivity contribution in [2.24, 2.45) is 0 Å². The Balaban J connectivity index is 1.89. The van der Waals surface area contributed by atoms with E-state index in [4.69, 9.17) is 0 Å². The minimum Gasteiger partial charge on any atom is -0.309 e. The summed E-state index contributed by atoms with van der Waals surface area (Å²) in [6.07, 6.45) is 2.73. The number of amides is 1. The highest BCUT2D eigenvalue weighted by molar-refractivity contribution is 7.22. The molecule has 1 amide bonds. The average molecular weight is 372 g/mol. The van der Waals surface area contributed by atoms with Gasteiger partial charge in [0.25, 0.3) is 5.91 Å². The van der Waals surface area contributed by atoms with Gasteiger partial charge in [0.15, 0.2) is 10.8 Å².